The summed E-state index contributed by atoms with van der Waals surface area (Å²) in [6, 6.07) is 3.01. The molecule has 2 heterocycles. The fraction of sp³-hybridized carbons (Fsp3) is 0.368. The summed E-state index contributed by atoms with van der Waals surface area (Å²) in [5, 5.41) is 0. The first kappa shape index (κ1) is 27.5. The van der Waals surface area contributed by atoms with E-state index in [2.05, 4.69) is 19.4 Å². The summed E-state index contributed by atoms with van der Waals surface area (Å²) in [5.41, 5.74) is -1.51. The number of pyridine rings is 1. The smallest absolute Gasteiger partial charge is 0.428 e. The molecule has 0 saturated carbocycles. The number of nitrogens with one attached hydrogen (secondary N) is 1. The second-order valence-corrected chi connectivity index (χ2v) is 9.59. The molecule has 0 aliphatic heterocycles. The molecule has 0 fully saturated rings. The Balaban J connectivity index is 2.11. The van der Waals surface area contributed by atoms with Crippen molar-refractivity contribution >= 4 is 20.9 Å². The first-order valence-electron chi connectivity index (χ1n) is 9.62. The third-order valence-electron chi connectivity index (χ3n) is 4.75. The fourth-order valence-electron chi connectivity index (χ4n) is 3.04. The minimum absolute atomic E-state index is 0.0339. The number of alkyl halides is 9. The highest BCUT2D eigenvalue weighted by Crippen LogP contribution is 2.37. The Labute approximate surface area is 196 Å². The van der Waals surface area contributed by atoms with Crippen LogP contribution >= 0.6 is 0 Å². The zero-order valence-corrected chi connectivity index (χ0v) is 18.9. The van der Waals surface area contributed by atoms with Crippen molar-refractivity contribution in [2.75, 3.05) is 5.75 Å². The van der Waals surface area contributed by atoms with Crippen molar-refractivity contribution in [3.63, 3.8) is 0 Å². The average Bonchev–Trinajstić information content (AvgIpc) is 3.07. The van der Waals surface area contributed by atoms with E-state index in [9.17, 15) is 43.7 Å². The van der Waals surface area contributed by atoms with Crippen molar-refractivity contribution in [3.8, 4) is 17.1 Å². The van der Waals surface area contributed by atoms with Crippen LogP contribution in [-0.2, 0) is 27.7 Å². The van der Waals surface area contributed by atoms with Crippen LogP contribution in [-0.4, -0.2) is 43.3 Å². The molecule has 1 aromatic carbocycles. The summed E-state index contributed by atoms with van der Waals surface area (Å²) < 4.78 is 145. The Bertz CT molecular complexity index is 1390. The minimum atomic E-state index is -5.74. The number of ether oxygens (including phenoxy) is 2. The lowest BCUT2D eigenvalue weighted by atomic mass is 10.2. The molecule has 198 valence electrons. The van der Waals surface area contributed by atoms with E-state index in [1.54, 1.807) is 0 Å². The Morgan fingerprint density at radius 1 is 1.11 bits per heavy atom. The van der Waals surface area contributed by atoms with Crippen molar-refractivity contribution in [2.45, 2.75) is 36.8 Å². The average molecular weight is 550 g/mol. The van der Waals surface area contributed by atoms with Crippen LogP contribution in [0.25, 0.3) is 22.6 Å². The summed E-state index contributed by atoms with van der Waals surface area (Å²) in [7, 11) is -2.43. The standard InChI is InChI=1S/C19H15F9N4O3S/c1-3-36(29,33)13-7-10(34-18(24,25)16(20)35-19(26,27)28)4-5-11(13)14-31-12-6-9(17(21,22)23)8-30-15(12)32(14)2/h4-8,16,29H,3H2,1-2H3. The molecule has 0 aliphatic rings. The van der Waals surface area contributed by atoms with Gasteiger partial charge in [0.05, 0.1) is 20.2 Å². The summed E-state index contributed by atoms with van der Waals surface area (Å²) in [6.07, 6.45) is -19.3. The second kappa shape index (κ2) is 9.10. The summed E-state index contributed by atoms with van der Waals surface area (Å²) in [4.78, 5) is 7.26. The fourth-order valence-corrected chi connectivity index (χ4v) is 4.17. The number of aryl methyl sites for hydroxylation is 1. The molecule has 0 saturated heterocycles. The summed E-state index contributed by atoms with van der Waals surface area (Å²) in [6.45, 7) is 1.31. The van der Waals surface area contributed by atoms with Crippen LogP contribution in [0.15, 0.2) is 35.4 Å². The highest BCUT2D eigenvalue weighted by Gasteiger charge is 2.50. The number of aromatic nitrogens is 3. The van der Waals surface area contributed by atoms with E-state index in [0.29, 0.717) is 18.3 Å². The van der Waals surface area contributed by atoms with Crippen molar-refractivity contribution in [1.82, 2.24) is 14.5 Å². The number of imidazole rings is 1. The van der Waals surface area contributed by atoms with Gasteiger partial charge in [-0.3, -0.25) is 0 Å². The Hall–Kier alpha value is -3.08. The van der Waals surface area contributed by atoms with Gasteiger partial charge >= 0.3 is 25.0 Å². The highest BCUT2D eigenvalue weighted by atomic mass is 32.2. The van der Waals surface area contributed by atoms with Gasteiger partial charge in [-0.25, -0.2) is 28.1 Å². The number of halogens is 9. The lowest BCUT2D eigenvalue weighted by Crippen LogP contribution is -2.41. The van der Waals surface area contributed by atoms with E-state index in [1.165, 1.54) is 18.5 Å². The van der Waals surface area contributed by atoms with Gasteiger partial charge in [0.2, 0.25) is 0 Å². The molecule has 0 radical (unpaired) electrons. The largest absolute Gasteiger partial charge is 0.525 e. The van der Waals surface area contributed by atoms with Crippen molar-refractivity contribution in [2.24, 2.45) is 7.05 Å². The molecule has 36 heavy (non-hydrogen) atoms. The lowest BCUT2D eigenvalue weighted by Gasteiger charge is -2.23. The first-order valence-corrected chi connectivity index (χ1v) is 11.3. The highest BCUT2D eigenvalue weighted by molar-refractivity contribution is 7.92. The van der Waals surface area contributed by atoms with Gasteiger partial charge in [0.25, 0.3) is 0 Å². The van der Waals surface area contributed by atoms with Gasteiger partial charge in [0.1, 0.15) is 17.1 Å². The van der Waals surface area contributed by atoms with Gasteiger partial charge in [-0.2, -0.15) is 22.0 Å². The predicted octanol–water partition coefficient (Wildman–Crippen LogP) is 5.88. The molecule has 0 amide bonds. The Morgan fingerprint density at radius 3 is 2.31 bits per heavy atom. The number of rotatable bonds is 7. The second-order valence-electron chi connectivity index (χ2n) is 7.22. The molecule has 0 bridgehead atoms. The summed E-state index contributed by atoms with van der Waals surface area (Å²) in [5.74, 6) is -1.48. The van der Waals surface area contributed by atoms with E-state index < -0.39 is 50.9 Å². The van der Waals surface area contributed by atoms with Crippen LogP contribution in [0.2, 0.25) is 0 Å². The van der Waals surface area contributed by atoms with Crippen LogP contribution in [0.1, 0.15) is 12.5 Å². The number of hydrogen-bond donors (Lipinski definition) is 1. The van der Waals surface area contributed by atoms with Crippen molar-refractivity contribution in [1.29, 1.82) is 4.78 Å². The molecule has 2 atom stereocenters. The van der Waals surface area contributed by atoms with Gasteiger partial charge in [0.15, 0.2) is 5.65 Å². The molecule has 2 aromatic heterocycles. The monoisotopic (exact) mass is 550 g/mol. The predicted molar refractivity (Wildman–Crippen MR) is 106 cm³/mol. The molecule has 7 nitrogen and oxygen atoms in total. The molecule has 0 spiro atoms. The molecule has 3 rings (SSSR count). The van der Waals surface area contributed by atoms with E-state index in [-0.39, 0.29) is 28.3 Å². The van der Waals surface area contributed by atoms with Gasteiger partial charge in [-0.1, -0.05) is 6.92 Å². The van der Waals surface area contributed by atoms with Gasteiger partial charge in [0, 0.05) is 24.6 Å². The topological polar surface area (TPSA) is 90.1 Å². The molecule has 1 N–H and O–H groups in total. The SMILES string of the molecule is CCS(=N)(=O)c1cc(OC(F)(F)C(F)OC(F)(F)F)ccc1-c1nc2cc(C(F)(F)F)cnc2n1C. The van der Waals surface area contributed by atoms with Gasteiger partial charge in [-0.05, 0) is 24.3 Å². The maximum Gasteiger partial charge on any atom is 0.525 e. The summed E-state index contributed by atoms with van der Waals surface area (Å²) >= 11 is 0. The molecule has 0 aliphatic carbocycles. The molecular formula is C19H15F9N4O3S. The van der Waals surface area contributed by atoms with Crippen LogP contribution in [0.4, 0.5) is 39.5 Å². The normalized spacial score (nSPS) is 15.6. The van der Waals surface area contributed by atoms with Crippen LogP contribution in [0, 0.1) is 4.78 Å². The minimum Gasteiger partial charge on any atom is -0.428 e. The maximum absolute atomic E-state index is 13.8. The van der Waals surface area contributed by atoms with Crippen LogP contribution in [0.3, 0.4) is 0 Å². The van der Waals surface area contributed by atoms with E-state index >= 15 is 0 Å². The number of benzene rings is 1. The van der Waals surface area contributed by atoms with Gasteiger partial charge < -0.3 is 9.30 Å². The zero-order chi connectivity index (χ0) is 27.3. The quantitative estimate of drug-likeness (QED) is 0.371. The van der Waals surface area contributed by atoms with Gasteiger partial charge in [-0.15, -0.1) is 13.2 Å². The Kier molecular flexibility index (Phi) is 6.95. The lowest BCUT2D eigenvalue weighted by molar-refractivity contribution is -0.411. The number of hydrogen-bond acceptors (Lipinski definition) is 6. The molecular weight excluding hydrogens is 535 g/mol. The van der Waals surface area contributed by atoms with Crippen LogP contribution < -0.4 is 4.74 Å². The number of nitrogens with zero attached hydrogens (tertiary/aromatic N) is 3. The van der Waals surface area contributed by atoms with Crippen LogP contribution in [0.5, 0.6) is 5.75 Å². The van der Waals surface area contributed by atoms with E-state index in [1.807, 2.05) is 0 Å². The third kappa shape index (κ3) is 5.66. The van der Waals surface area contributed by atoms with Crippen molar-refractivity contribution in [3.05, 3.63) is 36.0 Å². The van der Waals surface area contributed by atoms with Crippen molar-refractivity contribution < 1.29 is 53.2 Å². The van der Waals surface area contributed by atoms with E-state index in [4.69, 9.17) is 4.78 Å². The first-order chi connectivity index (χ1) is 16.4. The maximum atomic E-state index is 13.8. The van der Waals surface area contributed by atoms with E-state index in [0.717, 1.165) is 12.1 Å². The Morgan fingerprint density at radius 2 is 1.75 bits per heavy atom. The molecule has 17 heteroatoms. The molecule has 2 unspecified atom stereocenters. The zero-order valence-electron chi connectivity index (χ0n) is 18.0. The third-order valence-corrected chi connectivity index (χ3v) is 6.61. The number of fused-ring (bicyclic) bond motifs is 1. The molecule has 3 aromatic rings.